The molecule has 0 aromatic heterocycles. The lowest BCUT2D eigenvalue weighted by molar-refractivity contribution is 0.0801. The van der Waals surface area contributed by atoms with Gasteiger partial charge in [-0.3, -0.25) is 10.7 Å². The highest BCUT2D eigenvalue weighted by molar-refractivity contribution is 7.52. The third-order valence-corrected chi connectivity index (χ3v) is 7.10. The Balaban J connectivity index is 1.36. The van der Waals surface area contributed by atoms with Crippen molar-refractivity contribution in [2.45, 2.75) is 63.6 Å². The van der Waals surface area contributed by atoms with Crippen molar-refractivity contribution >= 4 is 7.66 Å². The molecule has 5 heteroatoms. The first-order valence-corrected chi connectivity index (χ1v) is 9.58. The SMILES string of the molecule is N=P(N)(OC1CC2CCC1C2)OC1CC2CCC1C2. The minimum absolute atomic E-state index is 0.216. The number of nitrogens with one attached hydrogen (secondary N) is 1. The molecule has 3 N–H and O–H groups in total. The molecule has 6 atom stereocenters. The predicted octanol–water partition coefficient (Wildman–Crippen LogP) is 3.88. The lowest BCUT2D eigenvalue weighted by atomic mass is 9.98. The molecule has 19 heavy (non-hydrogen) atoms. The number of rotatable bonds is 4. The van der Waals surface area contributed by atoms with Gasteiger partial charge in [-0.2, -0.15) is 0 Å². The van der Waals surface area contributed by atoms with Crippen LogP contribution >= 0.6 is 7.66 Å². The van der Waals surface area contributed by atoms with E-state index >= 15 is 0 Å². The Morgan fingerprint density at radius 3 is 1.58 bits per heavy atom. The monoisotopic (exact) mass is 284 g/mol. The summed E-state index contributed by atoms with van der Waals surface area (Å²) in [6, 6.07) is 0. The van der Waals surface area contributed by atoms with Crippen molar-refractivity contribution in [2.75, 3.05) is 0 Å². The van der Waals surface area contributed by atoms with Gasteiger partial charge in [0.05, 0.1) is 12.2 Å². The van der Waals surface area contributed by atoms with Crippen LogP contribution in [0, 0.1) is 28.8 Å². The molecule has 0 aromatic carbocycles. The first-order chi connectivity index (χ1) is 9.09. The smallest absolute Gasteiger partial charge is 0.282 e. The Labute approximate surface area is 115 Å². The Kier molecular flexibility index (Phi) is 3.07. The van der Waals surface area contributed by atoms with Gasteiger partial charge in [0.15, 0.2) is 0 Å². The van der Waals surface area contributed by atoms with Gasteiger partial charge in [-0.1, -0.05) is 0 Å². The average molecular weight is 284 g/mol. The van der Waals surface area contributed by atoms with Crippen LogP contribution in [0.2, 0.25) is 0 Å². The number of hydrogen-bond acceptors (Lipinski definition) is 3. The molecule has 0 aliphatic heterocycles. The van der Waals surface area contributed by atoms with Crippen molar-refractivity contribution in [3.8, 4) is 0 Å². The minimum Gasteiger partial charge on any atom is -0.309 e. The van der Waals surface area contributed by atoms with Crippen LogP contribution in [0.3, 0.4) is 0 Å². The fourth-order valence-electron chi connectivity index (χ4n) is 5.06. The highest BCUT2D eigenvalue weighted by Crippen LogP contribution is 2.56. The molecule has 4 rings (SSSR count). The molecule has 0 spiro atoms. The Morgan fingerprint density at radius 2 is 1.26 bits per heavy atom. The lowest BCUT2D eigenvalue weighted by Gasteiger charge is -2.31. The summed E-state index contributed by atoms with van der Waals surface area (Å²) in [7, 11) is -2.85. The summed E-state index contributed by atoms with van der Waals surface area (Å²) in [6.07, 6.45) is 10.5. The topological polar surface area (TPSA) is 68.3 Å². The molecule has 0 radical (unpaired) electrons. The van der Waals surface area contributed by atoms with Crippen LogP contribution < -0.4 is 5.50 Å². The van der Waals surface area contributed by atoms with Crippen LogP contribution in [-0.2, 0) is 9.05 Å². The first kappa shape index (κ1) is 12.8. The van der Waals surface area contributed by atoms with E-state index in [1.165, 1.54) is 38.5 Å². The standard InChI is InChI=1S/C14H25N2O2P/c15-19(16,17-13-7-9-1-3-11(13)5-9)18-14-8-10-2-4-12(14)6-10/h9-14H,1-8H2,(H3,15,16). The van der Waals surface area contributed by atoms with Gasteiger partial charge in [0, 0.05) is 0 Å². The number of hydrogen-bond donors (Lipinski definition) is 2. The van der Waals surface area contributed by atoms with Crippen molar-refractivity contribution < 1.29 is 9.05 Å². The first-order valence-electron chi connectivity index (χ1n) is 7.88. The molecule has 4 fully saturated rings. The molecule has 0 aromatic rings. The number of nitrogens with two attached hydrogens (primary N) is 1. The maximum Gasteiger partial charge on any atom is 0.282 e. The second-order valence-electron chi connectivity index (χ2n) is 7.23. The Bertz CT molecular complexity index is 382. The molecule has 0 amide bonds. The fourth-order valence-corrected chi connectivity index (χ4v) is 6.43. The zero-order valence-electron chi connectivity index (χ0n) is 11.5. The average Bonchev–Trinajstić information content (AvgIpc) is 3.06. The van der Waals surface area contributed by atoms with Gasteiger partial charge in [-0.15, -0.1) is 0 Å². The maximum absolute atomic E-state index is 8.26. The van der Waals surface area contributed by atoms with Crippen molar-refractivity contribution in [3.63, 3.8) is 0 Å². The molecule has 0 heterocycles. The van der Waals surface area contributed by atoms with Crippen molar-refractivity contribution in [1.29, 1.82) is 5.16 Å². The van der Waals surface area contributed by atoms with Crippen LogP contribution in [0.4, 0.5) is 0 Å². The molecule has 4 bridgehead atoms. The maximum atomic E-state index is 8.26. The van der Waals surface area contributed by atoms with E-state index in [0.717, 1.165) is 24.7 Å². The highest BCUT2D eigenvalue weighted by Gasteiger charge is 2.45. The fraction of sp³-hybridized carbons (Fsp3) is 1.00. The molecular formula is C14H25N2O2P. The van der Waals surface area contributed by atoms with Crippen LogP contribution in [0.5, 0.6) is 0 Å². The molecule has 0 saturated heterocycles. The third kappa shape index (κ3) is 2.42. The van der Waals surface area contributed by atoms with Gasteiger partial charge >= 0.3 is 0 Å². The second-order valence-corrected chi connectivity index (χ2v) is 8.85. The summed E-state index contributed by atoms with van der Waals surface area (Å²) in [5.41, 5.74) is 6.07. The summed E-state index contributed by atoms with van der Waals surface area (Å²) >= 11 is 0. The molecule has 4 aliphatic rings. The summed E-state index contributed by atoms with van der Waals surface area (Å²) in [5.74, 6) is 2.97. The van der Waals surface area contributed by atoms with Crippen LogP contribution in [0.15, 0.2) is 0 Å². The summed E-state index contributed by atoms with van der Waals surface area (Å²) in [6.45, 7) is 0. The zero-order chi connectivity index (χ0) is 13.0. The molecular weight excluding hydrogens is 259 g/mol. The normalized spacial score (nSPS) is 50.8. The van der Waals surface area contributed by atoms with Crippen molar-refractivity contribution in [2.24, 2.45) is 29.2 Å². The van der Waals surface area contributed by atoms with Crippen LogP contribution in [0.25, 0.3) is 0 Å². The molecule has 4 nitrogen and oxygen atoms in total. The third-order valence-electron chi connectivity index (χ3n) is 5.93. The minimum atomic E-state index is -2.85. The Morgan fingerprint density at radius 1 is 0.789 bits per heavy atom. The highest BCUT2D eigenvalue weighted by atomic mass is 31.2. The molecule has 108 valence electrons. The molecule has 6 unspecified atom stereocenters. The van der Waals surface area contributed by atoms with E-state index < -0.39 is 7.66 Å². The van der Waals surface area contributed by atoms with E-state index in [1.807, 2.05) is 0 Å². The summed E-state index contributed by atoms with van der Waals surface area (Å²) in [5, 5.41) is 8.26. The summed E-state index contributed by atoms with van der Waals surface area (Å²) in [4.78, 5) is 0. The second kappa shape index (κ2) is 4.56. The van der Waals surface area contributed by atoms with E-state index in [4.69, 9.17) is 19.7 Å². The molecule has 4 aliphatic carbocycles. The van der Waals surface area contributed by atoms with Gasteiger partial charge in [0.1, 0.15) is 0 Å². The van der Waals surface area contributed by atoms with Gasteiger partial charge in [-0.25, -0.2) is 0 Å². The largest absolute Gasteiger partial charge is 0.309 e. The van der Waals surface area contributed by atoms with Gasteiger partial charge in [0.2, 0.25) is 0 Å². The van der Waals surface area contributed by atoms with Crippen molar-refractivity contribution in [3.05, 3.63) is 0 Å². The van der Waals surface area contributed by atoms with E-state index in [-0.39, 0.29) is 12.2 Å². The van der Waals surface area contributed by atoms with Crippen LogP contribution in [-0.4, -0.2) is 12.2 Å². The predicted molar refractivity (Wildman–Crippen MR) is 74.5 cm³/mol. The quantitative estimate of drug-likeness (QED) is 0.770. The lowest BCUT2D eigenvalue weighted by Crippen LogP contribution is -2.26. The van der Waals surface area contributed by atoms with E-state index in [2.05, 4.69) is 0 Å². The summed E-state index contributed by atoms with van der Waals surface area (Å²) < 4.78 is 11.9. The van der Waals surface area contributed by atoms with Crippen LogP contribution in [0.1, 0.15) is 51.4 Å². The number of fused-ring (bicyclic) bond motifs is 4. The van der Waals surface area contributed by atoms with Crippen molar-refractivity contribution in [1.82, 2.24) is 0 Å². The van der Waals surface area contributed by atoms with Gasteiger partial charge in [-0.05, 0) is 75.0 Å². The molecule has 4 saturated carbocycles. The van der Waals surface area contributed by atoms with Gasteiger partial charge in [0.25, 0.3) is 7.66 Å². The Hall–Kier alpha value is 0.110. The zero-order valence-corrected chi connectivity index (χ0v) is 12.4. The van der Waals surface area contributed by atoms with E-state index in [0.29, 0.717) is 11.8 Å². The van der Waals surface area contributed by atoms with Gasteiger partial charge < -0.3 is 9.05 Å². The van der Waals surface area contributed by atoms with E-state index in [9.17, 15) is 0 Å². The van der Waals surface area contributed by atoms with E-state index in [1.54, 1.807) is 0 Å².